The number of benzene rings is 7. The summed E-state index contributed by atoms with van der Waals surface area (Å²) in [5.74, 6) is 2.13. The Kier molecular flexibility index (Phi) is 7.67. The summed E-state index contributed by atoms with van der Waals surface area (Å²) in [6.45, 7) is 0. The Morgan fingerprint density at radius 3 is 1.98 bits per heavy atom. The summed E-state index contributed by atoms with van der Waals surface area (Å²) in [5, 5.41) is 2.50. The van der Waals surface area contributed by atoms with Crippen LogP contribution in [0.3, 0.4) is 0 Å². The van der Waals surface area contributed by atoms with E-state index in [4.69, 9.17) is 9.73 Å². The third-order valence-corrected chi connectivity index (χ3v) is 9.49. The van der Waals surface area contributed by atoms with Crippen LogP contribution >= 0.6 is 0 Å². The molecule has 0 saturated carbocycles. The first kappa shape index (κ1) is 30.3. The molecule has 4 heteroatoms. The predicted octanol–water partition coefficient (Wildman–Crippen LogP) is 11.4. The maximum absolute atomic E-state index is 6.56. The first-order valence-electron chi connectivity index (χ1n) is 17.1. The fourth-order valence-corrected chi connectivity index (χ4v) is 7.09. The lowest BCUT2D eigenvalue weighted by molar-refractivity contribution is 0.473. The van der Waals surface area contributed by atoms with Crippen LogP contribution in [0.15, 0.2) is 192 Å². The van der Waals surface area contributed by atoms with Crippen LogP contribution in [0.5, 0.6) is 5.75 Å². The molecule has 0 amide bonds. The number of fused-ring (bicyclic) bond motifs is 4. The predicted molar refractivity (Wildman–Crippen MR) is 212 cm³/mol. The van der Waals surface area contributed by atoms with Crippen molar-refractivity contribution in [3.05, 3.63) is 198 Å². The van der Waals surface area contributed by atoms with E-state index in [9.17, 15) is 0 Å². The van der Waals surface area contributed by atoms with Gasteiger partial charge in [0, 0.05) is 34.6 Å². The molecule has 1 aromatic heterocycles. The number of hydrogen-bond donors (Lipinski definition) is 0. The maximum Gasteiger partial charge on any atom is 0.155 e. The molecule has 8 aromatic rings. The Morgan fingerprint density at radius 2 is 1.22 bits per heavy atom. The summed E-state index contributed by atoms with van der Waals surface area (Å²) in [5.41, 5.74) is 11.8. The van der Waals surface area contributed by atoms with Crippen molar-refractivity contribution in [2.75, 3.05) is 7.05 Å². The highest BCUT2D eigenvalue weighted by molar-refractivity contribution is 6.23. The van der Waals surface area contributed by atoms with Gasteiger partial charge in [0.2, 0.25) is 0 Å². The first-order chi connectivity index (χ1) is 25.2. The molecule has 7 aromatic carbocycles. The van der Waals surface area contributed by atoms with E-state index in [1.165, 1.54) is 32.9 Å². The minimum Gasteiger partial charge on any atom is -0.454 e. The van der Waals surface area contributed by atoms with Crippen molar-refractivity contribution in [1.82, 2.24) is 4.57 Å². The maximum atomic E-state index is 6.56. The van der Waals surface area contributed by atoms with Gasteiger partial charge in [0.15, 0.2) is 11.6 Å². The van der Waals surface area contributed by atoms with Gasteiger partial charge in [-0.15, -0.1) is 0 Å². The van der Waals surface area contributed by atoms with Crippen molar-refractivity contribution >= 4 is 39.4 Å². The third kappa shape index (κ3) is 5.53. The number of amidine groups is 1. The zero-order chi connectivity index (χ0) is 34.1. The first-order valence-corrected chi connectivity index (χ1v) is 17.1. The van der Waals surface area contributed by atoms with E-state index in [2.05, 4.69) is 137 Å². The van der Waals surface area contributed by atoms with Gasteiger partial charge in [-0.05, 0) is 70.3 Å². The van der Waals surface area contributed by atoms with Crippen molar-refractivity contribution in [2.45, 2.75) is 0 Å². The standard InChI is InChI=1S/C47H33N3O/c1-48-47(35-16-7-3-8-17-35)49-46-40-29-28-36(31-43(40)51-44(46)30-32-14-5-2-6-15-32)33-24-26-34(27-25-33)38-21-13-23-42-45(38)39-20-11-12-22-41(39)50(42)37-18-9-4-10-19-37/h2-31H,1H3/b44-30-,48-47?,49-46?. The summed E-state index contributed by atoms with van der Waals surface area (Å²) in [4.78, 5) is 9.60. The molecule has 0 atom stereocenters. The number of aliphatic imine (C=N–C) groups is 2. The summed E-state index contributed by atoms with van der Waals surface area (Å²) in [7, 11) is 1.78. The molecule has 51 heavy (non-hydrogen) atoms. The van der Waals surface area contributed by atoms with Gasteiger partial charge < -0.3 is 9.30 Å². The summed E-state index contributed by atoms with van der Waals surface area (Å²) < 4.78 is 8.92. The summed E-state index contributed by atoms with van der Waals surface area (Å²) >= 11 is 0. The lowest BCUT2D eigenvalue weighted by Gasteiger charge is -2.09. The van der Waals surface area contributed by atoms with E-state index in [-0.39, 0.29) is 0 Å². The molecule has 9 rings (SSSR count). The van der Waals surface area contributed by atoms with E-state index in [1.54, 1.807) is 7.05 Å². The van der Waals surface area contributed by atoms with Gasteiger partial charge in [0.1, 0.15) is 11.5 Å². The number of rotatable bonds is 5. The van der Waals surface area contributed by atoms with Crippen LogP contribution in [0.1, 0.15) is 16.7 Å². The molecular weight excluding hydrogens is 623 g/mol. The van der Waals surface area contributed by atoms with Crippen LogP contribution in [-0.2, 0) is 0 Å². The van der Waals surface area contributed by atoms with Gasteiger partial charge in [-0.3, -0.25) is 4.99 Å². The van der Waals surface area contributed by atoms with Gasteiger partial charge in [-0.25, -0.2) is 4.99 Å². The quantitative estimate of drug-likeness (QED) is 0.134. The van der Waals surface area contributed by atoms with E-state index < -0.39 is 0 Å². The SMILES string of the molecule is CN=C(N=C1/C(=C/c2ccccc2)Oc2cc(-c3ccc(-c4cccc5c4c4ccccc4n5-c4ccccc4)cc3)ccc21)c1ccccc1. The fourth-order valence-electron chi connectivity index (χ4n) is 7.09. The van der Waals surface area contributed by atoms with Crippen molar-refractivity contribution in [3.63, 3.8) is 0 Å². The van der Waals surface area contributed by atoms with Crippen LogP contribution in [0.4, 0.5) is 0 Å². The van der Waals surface area contributed by atoms with Crippen LogP contribution in [0.25, 0.3) is 55.8 Å². The molecule has 0 saturated heterocycles. The van der Waals surface area contributed by atoms with Crippen molar-refractivity contribution in [1.29, 1.82) is 0 Å². The molecule has 0 unspecified atom stereocenters. The molecule has 1 aliphatic heterocycles. The number of ether oxygens (including phenoxy) is 1. The highest BCUT2D eigenvalue weighted by Crippen LogP contribution is 2.40. The molecule has 0 radical (unpaired) electrons. The van der Waals surface area contributed by atoms with Gasteiger partial charge >= 0.3 is 0 Å². The molecule has 0 aliphatic carbocycles. The third-order valence-electron chi connectivity index (χ3n) is 9.49. The zero-order valence-corrected chi connectivity index (χ0v) is 28.1. The Balaban J connectivity index is 1.10. The fraction of sp³-hybridized carbons (Fsp3) is 0.0213. The Hall–Kier alpha value is -6.78. The van der Waals surface area contributed by atoms with Crippen LogP contribution in [0.2, 0.25) is 0 Å². The lowest BCUT2D eigenvalue weighted by atomic mass is 9.96. The minimum absolute atomic E-state index is 0.655. The summed E-state index contributed by atoms with van der Waals surface area (Å²) in [6.07, 6.45) is 2.04. The molecule has 4 nitrogen and oxygen atoms in total. The lowest BCUT2D eigenvalue weighted by Crippen LogP contribution is -2.07. The van der Waals surface area contributed by atoms with E-state index in [0.29, 0.717) is 11.6 Å². The van der Waals surface area contributed by atoms with Crippen molar-refractivity contribution < 1.29 is 4.74 Å². The Morgan fingerprint density at radius 1 is 0.569 bits per heavy atom. The zero-order valence-electron chi connectivity index (χ0n) is 28.1. The molecule has 0 fully saturated rings. The number of para-hydroxylation sites is 2. The average molecular weight is 656 g/mol. The van der Waals surface area contributed by atoms with Crippen LogP contribution in [0, 0.1) is 0 Å². The van der Waals surface area contributed by atoms with Gasteiger partial charge in [-0.2, -0.15) is 0 Å². The number of hydrogen-bond acceptors (Lipinski definition) is 2. The number of aromatic nitrogens is 1. The second-order valence-electron chi connectivity index (χ2n) is 12.6. The second-order valence-corrected chi connectivity index (χ2v) is 12.6. The molecule has 242 valence electrons. The van der Waals surface area contributed by atoms with Crippen LogP contribution in [-0.4, -0.2) is 23.2 Å². The van der Waals surface area contributed by atoms with Crippen molar-refractivity contribution in [3.8, 4) is 33.7 Å². The van der Waals surface area contributed by atoms with Crippen LogP contribution < -0.4 is 4.74 Å². The molecule has 2 heterocycles. The van der Waals surface area contributed by atoms with Crippen molar-refractivity contribution in [2.24, 2.45) is 9.98 Å². The molecule has 0 bridgehead atoms. The van der Waals surface area contributed by atoms with Gasteiger partial charge in [-0.1, -0.05) is 140 Å². The van der Waals surface area contributed by atoms with Gasteiger partial charge in [0.25, 0.3) is 0 Å². The van der Waals surface area contributed by atoms with E-state index >= 15 is 0 Å². The minimum atomic E-state index is 0.655. The van der Waals surface area contributed by atoms with E-state index in [0.717, 1.165) is 45.0 Å². The Bertz CT molecular complexity index is 2630. The normalized spacial score (nSPS) is 14.3. The monoisotopic (exact) mass is 655 g/mol. The molecular formula is C47H33N3O. The summed E-state index contributed by atoms with van der Waals surface area (Å²) in [6, 6.07) is 61.4. The average Bonchev–Trinajstić information content (AvgIpc) is 3.72. The second kappa shape index (κ2) is 12.9. The largest absolute Gasteiger partial charge is 0.454 e. The molecule has 0 N–H and O–H groups in total. The highest BCUT2D eigenvalue weighted by Gasteiger charge is 2.27. The number of allylic oxidation sites excluding steroid dienone is 1. The smallest absolute Gasteiger partial charge is 0.155 e. The Labute approximate surface area is 297 Å². The molecule has 1 aliphatic rings. The number of nitrogens with zero attached hydrogens (tertiary/aromatic N) is 3. The highest BCUT2D eigenvalue weighted by atomic mass is 16.5. The topological polar surface area (TPSA) is 38.9 Å². The molecule has 0 spiro atoms. The van der Waals surface area contributed by atoms with Gasteiger partial charge in [0.05, 0.1) is 11.0 Å². The van der Waals surface area contributed by atoms with E-state index in [1.807, 2.05) is 54.6 Å².